The molecule has 84 valence electrons. The van der Waals surface area contributed by atoms with E-state index in [1.807, 2.05) is 50.4 Å². The Labute approximate surface area is 95.5 Å². The number of anilines is 1. The predicted molar refractivity (Wildman–Crippen MR) is 65.9 cm³/mol. The fourth-order valence-electron chi connectivity index (χ4n) is 1.77. The Bertz CT molecular complexity index is 488. The van der Waals surface area contributed by atoms with Gasteiger partial charge in [0.15, 0.2) is 0 Å². The summed E-state index contributed by atoms with van der Waals surface area (Å²) in [5.41, 5.74) is 8.68. The van der Waals surface area contributed by atoms with Crippen LogP contribution in [0.2, 0.25) is 0 Å². The molecule has 3 rings (SSSR count). The van der Waals surface area contributed by atoms with Gasteiger partial charge in [-0.1, -0.05) is 13.8 Å². The zero-order valence-electron chi connectivity index (χ0n) is 9.60. The minimum atomic E-state index is 0.629. The third-order valence-corrected chi connectivity index (χ3v) is 2.45. The highest BCUT2D eigenvalue weighted by Crippen LogP contribution is 2.31. The van der Waals surface area contributed by atoms with Gasteiger partial charge in [0.25, 0.3) is 0 Å². The lowest BCUT2D eigenvalue weighted by molar-refractivity contribution is 0.285. The van der Waals surface area contributed by atoms with E-state index < -0.39 is 0 Å². The van der Waals surface area contributed by atoms with Crippen molar-refractivity contribution in [1.29, 1.82) is 0 Å². The Hall–Kier alpha value is -1.90. The smallest absolute Gasteiger partial charge is 0.144 e. The number of fused-ring (bicyclic) bond motifs is 3. The largest absolute Gasteiger partial charge is 0.485 e. The molecule has 2 heterocycles. The van der Waals surface area contributed by atoms with Crippen molar-refractivity contribution in [3.8, 4) is 11.4 Å². The first kappa shape index (κ1) is 10.6. The van der Waals surface area contributed by atoms with Gasteiger partial charge in [-0.2, -0.15) is 0 Å². The van der Waals surface area contributed by atoms with Gasteiger partial charge >= 0.3 is 0 Å². The van der Waals surface area contributed by atoms with E-state index in [4.69, 9.17) is 10.5 Å². The molecule has 3 heteroatoms. The number of benzene rings is 1. The summed E-state index contributed by atoms with van der Waals surface area (Å²) < 4.78 is 7.69. The van der Waals surface area contributed by atoms with E-state index >= 15 is 0 Å². The Morgan fingerprint density at radius 1 is 1.25 bits per heavy atom. The van der Waals surface area contributed by atoms with E-state index in [0.29, 0.717) is 6.61 Å². The number of aromatic nitrogens is 1. The molecule has 3 nitrogen and oxygen atoms in total. The molecular formula is C13H16N2O. The third-order valence-electron chi connectivity index (χ3n) is 2.45. The molecular weight excluding hydrogens is 200 g/mol. The van der Waals surface area contributed by atoms with E-state index in [1.165, 1.54) is 0 Å². The van der Waals surface area contributed by atoms with Crippen LogP contribution in [-0.2, 0) is 6.61 Å². The molecule has 0 atom stereocenters. The summed E-state index contributed by atoms with van der Waals surface area (Å²) >= 11 is 0. The predicted octanol–water partition coefficient (Wildman–Crippen LogP) is 2.98. The van der Waals surface area contributed by atoms with Crippen LogP contribution in [0.15, 0.2) is 36.5 Å². The van der Waals surface area contributed by atoms with Crippen LogP contribution in [0, 0.1) is 0 Å². The second-order valence-electron chi connectivity index (χ2n) is 3.39. The molecule has 1 aliphatic heterocycles. The molecule has 0 spiro atoms. The van der Waals surface area contributed by atoms with Crippen molar-refractivity contribution < 1.29 is 4.74 Å². The SMILES string of the molecule is CC.Nc1ccc2c(c1)-n1cccc1CO2. The van der Waals surface area contributed by atoms with Gasteiger partial charge in [-0.15, -0.1) is 0 Å². The zero-order chi connectivity index (χ0) is 11.5. The second kappa shape index (κ2) is 4.31. The van der Waals surface area contributed by atoms with Crippen molar-refractivity contribution in [3.05, 3.63) is 42.2 Å². The highest BCUT2D eigenvalue weighted by atomic mass is 16.5. The van der Waals surface area contributed by atoms with Gasteiger partial charge in [0.05, 0.1) is 11.4 Å². The maximum absolute atomic E-state index is 5.74. The number of nitrogens with zero attached hydrogens (tertiary/aromatic N) is 1. The lowest BCUT2D eigenvalue weighted by atomic mass is 10.2. The minimum Gasteiger partial charge on any atom is -0.485 e. The highest BCUT2D eigenvalue weighted by Gasteiger charge is 2.15. The molecule has 0 saturated carbocycles. The first-order valence-corrected chi connectivity index (χ1v) is 5.53. The van der Waals surface area contributed by atoms with Gasteiger partial charge in [-0.05, 0) is 30.3 Å². The van der Waals surface area contributed by atoms with E-state index in [2.05, 4.69) is 4.57 Å². The van der Waals surface area contributed by atoms with Crippen LogP contribution in [0.3, 0.4) is 0 Å². The molecule has 0 bridgehead atoms. The Balaban J connectivity index is 0.000000457. The van der Waals surface area contributed by atoms with Crippen molar-refractivity contribution in [2.24, 2.45) is 0 Å². The van der Waals surface area contributed by atoms with Crippen LogP contribution < -0.4 is 10.5 Å². The average Bonchev–Trinajstić information content (AvgIpc) is 2.80. The molecule has 0 saturated heterocycles. The lowest BCUT2D eigenvalue weighted by Crippen LogP contribution is -2.11. The van der Waals surface area contributed by atoms with Crippen molar-refractivity contribution in [2.45, 2.75) is 20.5 Å². The first-order valence-electron chi connectivity index (χ1n) is 5.53. The van der Waals surface area contributed by atoms with Crippen LogP contribution in [0.4, 0.5) is 5.69 Å². The van der Waals surface area contributed by atoms with E-state index in [1.54, 1.807) is 0 Å². The van der Waals surface area contributed by atoms with Crippen molar-refractivity contribution >= 4 is 5.69 Å². The molecule has 0 fully saturated rings. The first-order chi connectivity index (χ1) is 7.84. The summed E-state index contributed by atoms with van der Waals surface area (Å²) in [6, 6.07) is 9.75. The van der Waals surface area contributed by atoms with Crippen molar-refractivity contribution in [2.75, 3.05) is 5.73 Å². The average molecular weight is 216 g/mol. The molecule has 0 amide bonds. The quantitative estimate of drug-likeness (QED) is 0.688. The zero-order valence-corrected chi connectivity index (χ0v) is 9.60. The van der Waals surface area contributed by atoms with Gasteiger partial charge in [0, 0.05) is 11.9 Å². The van der Waals surface area contributed by atoms with E-state index in [0.717, 1.165) is 22.8 Å². The third kappa shape index (κ3) is 1.65. The molecule has 16 heavy (non-hydrogen) atoms. The molecule has 2 aromatic rings. The molecule has 2 N–H and O–H groups in total. The van der Waals surface area contributed by atoms with E-state index in [9.17, 15) is 0 Å². The maximum Gasteiger partial charge on any atom is 0.144 e. The normalized spacial score (nSPS) is 11.6. The summed E-state index contributed by atoms with van der Waals surface area (Å²) in [4.78, 5) is 0. The number of ether oxygens (including phenoxy) is 1. The summed E-state index contributed by atoms with van der Waals surface area (Å²) in [5, 5.41) is 0. The number of nitrogen functional groups attached to an aromatic ring is 1. The maximum atomic E-state index is 5.74. The van der Waals surface area contributed by atoms with Crippen LogP contribution in [0.1, 0.15) is 19.5 Å². The summed E-state index contributed by atoms with van der Waals surface area (Å²) in [6.45, 7) is 4.63. The Kier molecular flexibility index (Phi) is 2.86. The number of hydrogen-bond acceptors (Lipinski definition) is 2. The number of nitrogens with two attached hydrogens (primary N) is 1. The number of rotatable bonds is 0. The van der Waals surface area contributed by atoms with Gasteiger partial charge in [-0.25, -0.2) is 0 Å². The molecule has 1 aromatic carbocycles. The second-order valence-corrected chi connectivity index (χ2v) is 3.39. The van der Waals surface area contributed by atoms with Crippen LogP contribution >= 0.6 is 0 Å². The van der Waals surface area contributed by atoms with Crippen LogP contribution in [-0.4, -0.2) is 4.57 Å². The van der Waals surface area contributed by atoms with Gasteiger partial charge in [0.1, 0.15) is 12.4 Å². The molecule has 1 aliphatic rings. The lowest BCUT2D eigenvalue weighted by Gasteiger charge is -2.20. The monoisotopic (exact) mass is 216 g/mol. The Morgan fingerprint density at radius 2 is 2.06 bits per heavy atom. The molecule has 0 unspecified atom stereocenters. The van der Waals surface area contributed by atoms with Crippen LogP contribution in [0.5, 0.6) is 5.75 Å². The Morgan fingerprint density at radius 3 is 2.88 bits per heavy atom. The fraction of sp³-hybridized carbons (Fsp3) is 0.231. The van der Waals surface area contributed by atoms with Crippen LogP contribution in [0.25, 0.3) is 5.69 Å². The van der Waals surface area contributed by atoms with Gasteiger partial charge < -0.3 is 15.0 Å². The van der Waals surface area contributed by atoms with Gasteiger partial charge in [-0.3, -0.25) is 0 Å². The van der Waals surface area contributed by atoms with E-state index in [-0.39, 0.29) is 0 Å². The summed E-state index contributed by atoms with van der Waals surface area (Å²) in [5.74, 6) is 0.892. The highest BCUT2D eigenvalue weighted by molar-refractivity contribution is 5.58. The fourth-order valence-corrected chi connectivity index (χ4v) is 1.77. The number of hydrogen-bond donors (Lipinski definition) is 1. The molecule has 0 aliphatic carbocycles. The van der Waals surface area contributed by atoms with Crippen molar-refractivity contribution in [3.63, 3.8) is 0 Å². The van der Waals surface area contributed by atoms with Gasteiger partial charge in [0.2, 0.25) is 0 Å². The standard InChI is InChI=1S/C11H10N2O.C2H6/c12-8-3-4-11-10(6-8)13-5-1-2-9(13)7-14-11;1-2/h1-6H,7,12H2;1-2H3. The topological polar surface area (TPSA) is 40.2 Å². The summed E-state index contributed by atoms with van der Waals surface area (Å²) in [6.07, 6.45) is 2.02. The molecule has 1 aromatic heterocycles. The molecule has 0 radical (unpaired) electrons. The van der Waals surface area contributed by atoms with Crippen molar-refractivity contribution in [1.82, 2.24) is 4.57 Å². The summed E-state index contributed by atoms with van der Waals surface area (Å²) in [7, 11) is 0. The minimum absolute atomic E-state index is 0.629.